The van der Waals surface area contributed by atoms with Gasteiger partial charge in [-0.25, -0.2) is 18.2 Å². The number of aromatic nitrogens is 1. The minimum Gasteiger partial charge on any atom is -0.483 e. The van der Waals surface area contributed by atoms with Crippen LogP contribution in [0.1, 0.15) is 114 Å². The lowest BCUT2D eigenvalue weighted by Gasteiger charge is -2.37. The Labute approximate surface area is 329 Å². The molecule has 1 saturated heterocycles. The van der Waals surface area contributed by atoms with E-state index >= 15 is 0 Å². The molecule has 4 heterocycles. The summed E-state index contributed by atoms with van der Waals surface area (Å²) >= 11 is 0. The molecule has 4 amide bonds. The molecule has 5 aliphatic rings. The van der Waals surface area contributed by atoms with Gasteiger partial charge in [-0.15, -0.1) is 0 Å². The minimum atomic E-state index is -4.89. The molecule has 1 spiro atoms. The molecular weight excluding hydrogens is 768 g/mol. The summed E-state index contributed by atoms with van der Waals surface area (Å²) < 4.78 is 83.1. The van der Waals surface area contributed by atoms with Gasteiger partial charge >= 0.3 is 12.3 Å². The SMILES string of the molecule is Cc1ccc2nc(C(F)(F)F)c3c(c2c1)CC[C@]1(C[C@H]2C(=O)N[C@@H](C(=O)NS(=O)(=O)C4(C)CC4)C/C=C\CCCCC[C@H](NC(=O)OC4CCCC4)C(=O)N2C1)O3. The summed E-state index contributed by atoms with van der Waals surface area (Å²) in [6, 6.07) is 1.11. The maximum atomic E-state index is 14.7. The molecule has 3 aliphatic heterocycles. The lowest BCUT2D eigenvalue weighted by molar-refractivity contribution is -0.144. The lowest BCUT2D eigenvalue weighted by atomic mass is 9.86. The number of aryl methyl sites for hydroxylation is 2. The molecule has 7 rings (SSSR count). The fourth-order valence-electron chi connectivity index (χ4n) is 8.46. The lowest BCUT2D eigenvalue weighted by Crippen LogP contribution is -2.57. The van der Waals surface area contributed by atoms with Gasteiger partial charge in [0.25, 0.3) is 5.91 Å². The van der Waals surface area contributed by atoms with Gasteiger partial charge in [-0.3, -0.25) is 19.1 Å². The molecule has 2 saturated carbocycles. The van der Waals surface area contributed by atoms with E-state index in [4.69, 9.17) is 9.47 Å². The Morgan fingerprint density at radius 3 is 2.49 bits per heavy atom. The fourth-order valence-corrected chi connectivity index (χ4v) is 9.76. The summed E-state index contributed by atoms with van der Waals surface area (Å²) in [5.74, 6) is -2.87. The third-order valence-corrected chi connectivity index (χ3v) is 14.3. The third-order valence-electron chi connectivity index (χ3n) is 12.1. The highest BCUT2D eigenvalue weighted by molar-refractivity contribution is 7.91. The number of carbonyl (C=O) groups is 4. The highest BCUT2D eigenvalue weighted by atomic mass is 32.2. The topological polar surface area (TPSA) is 173 Å². The Kier molecular flexibility index (Phi) is 11.3. The van der Waals surface area contributed by atoms with Crippen LogP contribution >= 0.6 is 0 Å². The number of pyridine rings is 1. The molecule has 0 unspecified atom stereocenters. The van der Waals surface area contributed by atoms with Gasteiger partial charge in [0.1, 0.15) is 29.8 Å². The van der Waals surface area contributed by atoms with Gasteiger partial charge in [-0.2, -0.15) is 13.2 Å². The van der Waals surface area contributed by atoms with Crippen LogP contribution in [0.5, 0.6) is 5.75 Å². The van der Waals surface area contributed by atoms with Gasteiger partial charge in [0, 0.05) is 17.4 Å². The predicted molar refractivity (Wildman–Crippen MR) is 202 cm³/mol. The van der Waals surface area contributed by atoms with E-state index < -0.39 is 79.9 Å². The van der Waals surface area contributed by atoms with Crippen molar-refractivity contribution < 1.29 is 50.2 Å². The zero-order valence-electron chi connectivity index (χ0n) is 32.2. The minimum absolute atomic E-state index is 0.0518. The second-order valence-corrected chi connectivity index (χ2v) is 18.8. The monoisotopic (exact) mass is 817 g/mol. The van der Waals surface area contributed by atoms with E-state index in [0.29, 0.717) is 62.3 Å². The number of hydrogen-bond acceptors (Lipinski definition) is 9. The Hall–Kier alpha value is -4.41. The highest BCUT2D eigenvalue weighted by Gasteiger charge is 2.55. The fraction of sp³-hybridized carbons (Fsp3) is 0.625. The number of carbonyl (C=O) groups excluding carboxylic acids is 4. The van der Waals surface area contributed by atoms with Crippen LogP contribution in [0.15, 0.2) is 30.4 Å². The average Bonchev–Trinajstić information content (AvgIpc) is 3.53. The van der Waals surface area contributed by atoms with Crippen LogP contribution in [0.25, 0.3) is 10.9 Å². The predicted octanol–water partition coefficient (Wildman–Crippen LogP) is 5.66. The summed E-state index contributed by atoms with van der Waals surface area (Å²) in [6.07, 6.45) is 4.28. The van der Waals surface area contributed by atoms with E-state index in [-0.39, 0.29) is 50.3 Å². The number of nitrogens with one attached hydrogen (secondary N) is 3. The first-order valence-corrected chi connectivity index (χ1v) is 21.4. The summed E-state index contributed by atoms with van der Waals surface area (Å²) in [7, 11) is -4.07. The number of alkyl carbamates (subject to hydrolysis) is 1. The first kappa shape index (κ1) is 40.8. The smallest absolute Gasteiger partial charge is 0.437 e. The number of ether oxygens (including phenoxy) is 2. The molecule has 1 aromatic carbocycles. The number of hydrogen-bond donors (Lipinski definition) is 3. The molecule has 2 aliphatic carbocycles. The van der Waals surface area contributed by atoms with Crippen LogP contribution in [0.3, 0.4) is 0 Å². The van der Waals surface area contributed by atoms with Crippen LogP contribution in [-0.4, -0.2) is 83.2 Å². The number of fused-ring (bicyclic) bond motifs is 4. The zero-order valence-corrected chi connectivity index (χ0v) is 33.0. The van der Waals surface area contributed by atoms with Gasteiger partial charge in [0.15, 0.2) is 11.4 Å². The number of amides is 4. The number of halogens is 3. The number of alkyl halides is 3. The normalized spacial score (nSPS) is 27.7. The quantitative estimate of drug-likeness (QED) is 0.322. The van der Waals surface area contributed by atoms with Crippen molar-refractivity contribution in [2.24, 2.45) is 0 Å². The van der Waals surface area contributed by atoms with Crippen LogP contribution in [-0.2, 0) is 41.7 Å². The second-order valence-electron chi connectivity index (χ2n) is 16.6. The van der Waals surface area contributed by atoms with Crippen molar-refractivity contribution in [3.63, 3.8) is 0 Å². The van der Waals surface area contributed by atoms with Crippen LogP contribution in [0.2, 0.25) is 0 Å². The molecule has 0 radical (unpaired) electrons. The summed E-state index contributed by atoms with van der Waals surface area (Å²) in [4.78, 5) is 61.0. The number of sulfonamides is 1. The molecular formula is C40H50F3N5O8S. The van der Waals surface area contributed by atoms with Crippen LogP contribution in [0, 0.1) is 6.92 Å². The maximum Gasteiger partial charge on any atom is 0.437 e. The Bertz CT molecular complexity index is 2070. The van der Waals surface area contributed by atoms with Crippen LogP contribution in [0.4, 0.5) is 18.0 Å². The first-order chi connectivity index (χ1) is 27.0. The first-order valence-electron chi connectivity index (χ1n) is 20.0. The second kappa shape index (κ2) is 15.7. The molecule has 0 bridgehead atoms. The van der Waals surface area contributed by atoms with Crippen molar-refractivity contribution in [2.75, 3.05) is 6.54 Å². The molecule has 310 valence electrons. The standard InChI is InChI=1S/C40H50F3N5O8S/c1-24-15-16-28-27(21-24)26-17-18-39(56-32(26)33(44-28)40(41,42)43)22-31-35(50)45-29(34(49)47-57(53,54)38(2)19-20-38)13-7-5-3-4-6-8-14-30(36(51)48(31)23-39)46-37(52)55-25-11-9-10-12-25/h5,7,15-16,21,25,29-31H,3-4,6,8-14,17-20,22-23H2,1-2H3,(H,45,50)(H,46,52)(H,47,49)/b7-5-/t29-,30+,31+,39-/m1/s1. The van der Waals surface area contributed by atoms with Crippen LogP contribution < -0.4 is 20.1 Å². The Balaban J connectivity index is 1.23. The number of benzene rings is 1. The van der Waals surface area contributed by atoms with Crippen molar-refractivity contribution in [1.82, 2.24) is 25.2 Å². The van der Waals surface area contributed by atoms with E-state index in [1.807, 2.05) is 13.0 Å². The largest absolute Gasteiger partial charge is 0.483 e. The van der Waals surface area contributed by atoms with Crippen molar-refractivity contribution in [3.8, 4) is 5.75 Å². The molecule has 2 aromatic rings. The molecule has 3 fully saturated rings. The Morgan fingerprint density at radius 1 is 1.04 bits per heavy atom. The van der Waals surface area contributed by atoms with Gasteiger partial charge < -0.3 is 25.0 Å². The zero-order chi connectivity index (χ0) is 40.8. The van der Waals surface area contributed by atoms with E-state index in [2.05, 4.69) is 20.3 Å². The maximum absolute atomic E-state index is 14.7. The number of allylic oxidation sites excluding steroid dienone is 1. The van der Waals surface area contributed by atoms with Crippen molar-refractivity contribution in [1.29, 1.82) is 0 Å². The van der Waals surface area contributed by atoms with E-state index in [9.17, 15) is 40.8 Å². The average molecular weight is 818 g/mol. The van der Waals surface area contributed by atoms with E-state index in [1.165, 1.54) is 17.9 Å². The van der Waals surface area contributed by atoms with E-state index in [1.54, 1.807) is 18.2 Å². The number of rotatable bonds is 5. The van der Waals surface area contributed by atoms with Crippen molar-refractivity contribution in [3.05, 3.63) is 47.2 Å². The molecule has 13 nitrogen and oxygen atoms in total. The van der Waals surface area contributed by atoms with Gasteiger partial charge in [0.05, 0.1) is 16.8 Å². The third kappa shape index (κ3) is 8.72. The van der Waals surface area contributed by atoms with Crippen molar-refractivity contribution >= 4 is 44.7 Å². The Morgan fingerprint density at radius 2 is 1.77 bits per heavy atom. The van der Waals surface area contributed by atoms with Gasteiger partial charge in [-0.1, -0.05) is 36.6 Å². The molecule has 1 aromatic heterocycles. The molecule has 57 heavy (non-hydrogen) atoms. The van der Waals surface area contributed by atoms with Crippen molar-refractivity contribution in [2.45, 2.75) is 151 Å². The summed E-state index contributed by atoms with van der Waals surface area (Å²) in [6.45, 7) is 3.05. The molecule has 4 atom stereocenters. The molecule has 17 heteroatoms. The molecule has 3 N–H and O–H groups in total. The van der Waals surface area contributed by atoms with Gasteiger partial charge in [0.2, 0.25) is 21.8 Å². The van der Waals surface area contributed by atoms with E-state index in [0.717, 1.165) is 18.4 Å². The summed E-state index contributed by atoms with van der Waals surface area (Å²) in [5, 5.41) is 5.89. The van der Waals surface area contributed by atoms with Gasteiger partial charge in [-0.05, 0) is 103 Å². The number of nitrogens with zero attached hydrogens (tertiary/aromatic N) is 2. The summed E-state index contributed by atoms with van der Waals surface area (Å²) in [5.41, 5.74) is -1.39. The highest BCUT2D eigenvalue weighted by Crippen LogP contribution is 2.48.